The van der Waals surface area contributed by atoms with E-state index in [9.17, 15) is 9.90 Å². The van der Waals surface area contributed by atoms with Crippen molar-refractivity contribution < 1.29 is 19.4 Å². The third-order valence-corrected chi connectivity index (χ3v) is 2.18. The van der Waals surface area contributed by atoms with Crippen molar-refractivity contribution in [1.82, 2.24) is 5.32 Å². The summed E-state index contributed by atoms with van der Waals surface area (Å²) in [7, 11) is 0. The highest BCUT2D eigenvalue weighted by atomic mass is 16.5. The predicted molar refractivity (Wildman–Crippen MR) is 70.4 cm³/mol. The Morgan fingerprint density at radius 1 is 1.39 bits per heavy atom. The number of carbonyl (C=O) groups is 1. The molecule has 0 aliphatic carbocycles. The summed E-state index contributed by atoms with van der Waals surface area (Å²) in [5.41, 5.74) is 0. The maximum Gasteiger partial charge on any atom is 0.308 e. The van der Waals surface area contributed by atoms with Crippen molar-refractivity contribution in [3.63, 3.8) is 0 Å². The summed E-state index contributed by atoms with van der Waals surface area (Å²) in [5, 5.41) is 12.6. The van der Waals surface area contributed by atoms with Gasteiger partial charge in [0.15, 0.2) is 0 Å². The molecule has 0 amide bonds. The SMILES string of the molecule is CCOC(=O)CC(O)CNCCCOCC(C)C. The van der Waals surface area contributed by atoms with E-state index in [2.05, 4.69) is 19.2 Å². The molecular weight excluding hydrogens is 234 g/mol. The van der Waals surface area contributed by atoms with E-state index in [-0.39, 0.29) is 12.4 Å². The summed E-state index contributed by atoms with van der Waals surface area (Å²) < 4.78 is 10.2. The molecule has 0 aromatic heterocycles. The van der Waals surface area contributed by atoms with Crippen molar-refractivity contribution in [1.29, 1.82) is 0 Å². The number of aliphatic hydroxyl groups is 1. The quantitative estimate of drug-likeness (QED) is 0.428. The molecule has 0 rings (SSSR count). The van der Waals surface area contributed by atoms with Crippen molar-refractivity contribution in [3.05, 3.63) is 0 Å². The lowest BCUT2D eigenvalue weighted by Crippen LogP contribution is -2.30. The van der Waals surface area contributed by atoms with Crippen LogP contribution < -0.4 is 5.32 Å². The zero-order valence-electron chi connectivity index (χ0n) is 11.8. The Labute approximate surface area is 110 Å². The van der Waals surface area contributed by atoms with Gasteiger partial charge in [-0.2, -0.15) is 0 Å². The highest BCUT2D eigenvalue weighted by molar-refractivity contribution is 5.69. The van der Waals surface area contributed by atoms with E-state index in [1.165, 1.54) is 0 Å². The van der Waals surface area contributed by atoms with Crippen molar-refractivity contribution in [2.75, 3.05) is 32.9 Å². The summed E-state index contributed by atoms with van der Waals surface area (Å²) in [4.78, 5) is 11.1. The van der Waals surface area contributed by atoms with Crippen molar-refractivity contribution in [2.24, 2.45) is 5.92 Å². The molecule has 18 heavy (non-hydrogen) atoms. The van der Waals surface area contributed by atoms with Crippen molar-refractivity contribution >= 4 is 5.97 Å². The molecule has 0 aromatic carbocycles. The summed E-state index contributed by atoms with van der Waals surface area (Å²) >= 11 is 0. The Morgan fingerprint density at radius 2 is 2.11 bits per heavy atom. The molecule has 0 aliphatic rings. The fourth-order valence-electron chi connectivity index (χ4n) is 1.37. The normalized spacial score (nSPS) is 12.7. The van der Waals surface area contributed by atoms with Crippen LogP contribution in [0.15, 0.2) is 0 Å². The van der Waals surface area contributed by atoms with Crippen LogP contribution in [0.25, 0.3) is 0 Å². The van der Waals surface area contributed by atoms with Crippen LogP contribution in [0, 0.1) is 5.92 Å². The number of hydrogen-bond acceptors (Lipinski definition) is 5. The standard InChI is InChI=1S/C13H27NO4/c1-4-18-13(16)8-12(15)9-14-6-5-7-17-10-11(2)3/h11-12,14-15H,4-10H2,1-3H3. The second-order valence-corrected chi connectivity index (χ2v) is 4.69. The first-order valence-corrected chi connectivity index (χ1v) is 6.68. The molecule has 0 aliphatic heterocycles. The molecule has 1 atom stereocenters. The Kier molecular flexibility index (Phi) is 11.0. The number of carbonyl (C=O) groups excluding carboxylic acids is 1. The Hall–Kier alpha value is -0.650. The third kappa shape index (κ3) is 11.8. The average Bonchev–Trinajstić information content (AvgIpc) is 2.27. The van der Waals surface area contributed by atoms with Gasteiger partial charge in [0.2, 0.25) is 0 Å². The van der Waals surface area contributed by atoms with Crippen LogP contribution in [0.4, 0.5) is 0 Å². The minimum absolute atomic E-state index is 0.0463. The molecule has 5 heteroatoms. The Bertz CT molecular complexity index is 209. The molecule has 108 valence electrons. The van der Waals surface area contributed by atoms with Crippen LogP contribution in [-0.4, -0.2) is 50.1 Å². The van der Waals surface area contributed by atoms with E-state index in [0.29, 0.717) is 19.1 Å². The average molecular weight is 261 g/mol. The van der Waals surface area contributed by atoms with Gasteiger partial charge in [-0.25, -0.2) is 0 Å². The predicted octanol–water partition coefficient (Wildman–Crippen LogP) is 0.953. The first-order valence-electron chi connectivity index (χ1n) is 6.68. The topological polar surface area (TPSA) is 67.8 Å². The second kappa shape index (κ2) is 11.4. The summed E-state index contributed by atoms with van der Waals surface area (Å²) in [6, 6.07) is 0. The lowest BCUT2D eigenvalue weighted by molar-refractivity contribution is -0.145. The molecule has 0 aromatic rings. The van der Waals surface area contributed by atoms with Gasteiger partial charge in [0.1, 0.15) is 0 Å². The zero-order valence-corrected chi connectivity index (χ0v) is 11.8. The molecule has 1 unspecified atom stereocenters. The fourth-order valence-corrected chi connectivity index (χ4v) is 1.37. The number of rotatable bonds is 11. The van der Waals surface area contributed by atoms with Crippen LogP contribution in [0.2, 0.25) is 0 Å². The lowest BCUT2D eigenvalue weighted by atomic mass is 10.2. The minimum atomic E-state index is -0.680. The molecule has 0 saturated heterocycles. The maximum absolute atomic E-state index is 11.1. The van der Waals surface area contributed by atoms with Gasteiger partial charge in [0, 0.05) is 19.8 Å². The van der Waals surface area contributed by atoms with Gasteiger partial charge >= 0.3 is 5.97 Å². The molecule has 0 heterocycles. The van der Waals surface area contributed by atoms with E-state index >= 15 is 0 Å². The Balaban J connectivity index is 3.30. The zero-order chi connectivity index (χ0) is 13.8. The van der Waals surface area contributed by atoms with Crippen LogP contribution >= 0.6 is 0 Å². The minimum Gasteiger partial charge on any atom is -0.466 e. The Morgan fingerprint density at radius 3 is 2.72 bits per heavy atom. The summed E-state index contributed by atoms with van der Waals surface area (Å²) in [6.45, 7) is 9.02. The van der Waals surface area contributed by atoms with Crippen molar-refractivity contribution in [2.45, 2.75) is 39.7 Å². The van der Waals surface area contributed by atoms with Gasteiger partial charge in [-0.3, -0.25) is 4.79 Å². The molecule has 0 bridgehead atoms. The maximum atomic E-state index is 11.1. The van der Waals surface area contributed by atoms with Crippen LogP contribution in [0.5, 0.6) is 0 Å². The van der Waals surface area contributed by atoms with E-state index in [4.69, 9.17) is 9.47 Å². The van der Waals surface area contributed by atoms with Gasteiger partial charge in [-0.05, 0) is 25.8 Å². The van der Waals surface area contributed by atoms with Gasteiger partial charge in [-0.1, -0.05) is 13.8 Å². The fraction of sp³-hybridized carbons (Fsp3) is 0.923. The highest BCUT2D eigenvalue weighted by Gasteiger charge is 2.10. The van der Waals surface area contributed by atoms with Gasteiger partial charge in [-0.15, -0.1) is 0 Å². The van der Waals surface area contributed by atoms with Gasteiger partial charge < -0.3 is 19.9 Å². The number of aliphatic hydroxyl groups excluding tert-OH is 1. The van der Waals surface area contributed by atoms with Gasteiger partial charge in [0.05, 0.1) is 19.1 Å². The number of ether oxygens (including phenoxy) is 2. The molecule has 2 N–H and O–H groups in total. The van der Waals surface area contributed by atoms with Crippen LogP contribution in [0.1, 0.15) is 33.6 Å². The second-order valence-electron chi connectivity index (χ2n) is 4.69. The van der Waals surface area contributed by atoms with Crippen LogP contribution in [0.3, 0.4) is 0 Å². The third-order valence-electron chi connectivity index (χ3n) is 2.18. The number of esters is 1. The lowest BCUT2D eigenvalue weighted by Gasteiger charge is -2.11. The molecule has 0 spiro atoms. The van der Waals surface area contributed by atoms with Crippen molar-refractivity contribution in [3.8, 4) is 0 Å². The molecule has 5 nitrogen and oxygen atoms in total. The molecule has 0 radical (unpaired) electrons. The largest absolute Gasteiger partial charge is 0.466 e. The van der Waals surface area contributed by atoms with E-state index < -0.39 is 6.10 Å². The van der Waals surface area contributed by atoms with E-state index in [0.717, 1.165) is 26.2 Å². The smallest absolute Gasteiger partial charge is 0.308 e. The van der Waals surface area contributed by atoms with E-state index in [1.807, 2.05) is 0 Å². The number of hydrogen-bond donors (Lipinski definition) is 2. The highest BCUT2D eigenvalue weighted by Crippen LogP contribution is 1.95. The van der Waals surface area contributed by atoms with Gasteiger partial charge in [0.25, 0.3) is 0 Å². The summed E-state index contributed by atoms with van der Waals surface area (Å²) in [6.07, 6.45) is 0.268. The first-order chi connectivity index (χ1) is 8.56. The summed E-state index contributed by atoms with van der Waals surface area (Å²) in [5.74, 6) is 0.205. The molecule has 0 fully saturated rings. The molecular formula is C13H27NO4. The van der Waals surface area contributed by atoms with Crippen LogP contribution in [-0.2, 0) is 14.3 Å². The van der Waals surface area contributed by atoms with E-state index in [1.54, 1.807) is 6.92 Å². The number of nitrogens with one attached hydrogen (secondary N) is 1. The monoisotopic (exact) mass is 261 g/mol. The first kappa shape index (κ1) is 17.4. The molecule has 0 saturated carbocycles.